The molecule has 1 heterocycles. The van der Waals surface area contributed by atoms with Crippen LogP contribution in [-0.4, -0.2) is 23.1 Å². The van der Waals surface area contributed by atoms with Gasteiger partial charge in [-0.25, -0.2) is 4.98 Å². The van der Waals surface area contributed by atoms with Gasteiger partial charge in [-0.15, -0.1) is 0 Å². The van der Waals surface area contributed by atoms with E-state index in [1.165, 1.54) is 0 Å². The number of aromatic amines is 1. The van der Waals surface area contributed by atoms with Crippen molar-refractivity contribution in [2.24, 2.45) is 0 Å². The van der Waals surface area contributed by atoms with E-state index in [0.717, 1.165) is 6.42 Å². The number of ether oxygens (including phenoxy) is 1. The topological polar surface area (TPSA) is 67.0 Å². The molecule has 0 bridgehead atoms. The van der Waals surface area contributed by atoms with Crippen LogP contribution < -0.4 is 10.9 Å². The molecule has 0 aromatic carbocycles. The second-order valence-electron chi connectivity index (χ2n) is 4.29. The molecule has 1 unspecified atom stereocenters. The maximum atomic E-state index is 11.8. The molecule has 0 aliphatic rings. The van der Waals surface area contributed by atoms with E-state index in [0.29, 0.717) is 24.0 Å². The molecule has 1 rings (SSSR count). The number of nitrogens with zero attached hydrogens (tertiary/aromatic N) is 1. The van der Waals surface area contributed by atoms with Crippen molar-refractivity contribution in [1.82, 2.24) is 15.3 Å². The predicted molar refractivity (Wildman–Crippen MR) is 66.9 cm³/mol. The molecule has 0 aliphatic heterocycles. The van der Waals surface area contributed by atoms with E-state index in [1.807, 2.05) is 20.8 Å². The first-order valence-electron chi connectivity index (χ1n) is 5.92. The lowest BCUT2D eigenvalue weighted by Gasteiger charge is -2.12. The van der Waals surface area contributed by atoms with Crippen molar-refractivity contribution in [2.45, 2.75) is 45.9 Å². The first-order valence-corrected chi connectivity index (χ1v) is 5.92. The molecule has 0 saturated carbocycles. The molecule has 0 fully saturated rings. The number of nitrogens with one attached hydrogen (secondary N) is 2. The van der Waals surface area contributed by atoms with Crippen LogP contribution in [0, 0.1) is 0 Å². The number of rotatable bonds is 6. The van der Waals surface area contributed by atoms with Gasteiger partial charge in [-0.05, 0) is 6.42 Å². The zero-order valence-corrected chi connectivity index (χ0v) is 10.9. The van der Waals surface area contributed by atoms with Gasteiger partial charge in [-0.3, -0.25) is 4.79 Å². The van der Waals surface area contributed by atoms with Crippen LogP contribution in [0.4, 0.5) is 0 Å². The Hall–Kier alpha value is -1.20. The van der Waals surface area contributed by atoms with Crippen LogP contribution >= 0.6 is 0 Å². The zero-order chi connectivity index (χ0) is 12.8. The summed E-state index contributed by atoms with van der Waals surface area (Å²) in [5.41, 5.74) is 0.548. The summed E-state index contributed by atoms with van der Waals surface area (Å²) in [6, 6.07) is 0.344. The van der Waals surface area contributed by atoms with Gasteiger partial charge in [-0.1, -0.05) is 20.8 Å². The molecule has 0 radical (unpaired) electrons. The number of hydrogen-bond donors (Lipinski definition) is 2. The van der Waals surface area contributed by atoms with E-state index in [9.17, 15) is 4.79 Å². The number of methoxy groups -OCH3 is 1. The summed E-state index contributed by atoms with van der Waals surface area (Å²) >= 11 is 0. The second-order valence-corrected chi connectivity index (χ2v) is 4.29. The summed E-state index contributed by atoms with van der Waals surface area (Å²) in [5.74, 6) is 0.591. The molecule has 0 amide bonds. The molecule has 96 valence electrons. The van der Waals surface area contributed by atoms with Gasteiger partial charge < -0.3 is 15.0 Å². The molecular weight excluding hydrogens is 218 g/mol. The van der Waals surface area contributed by atoms with Crippen LogP contribution in [0.25, 0.3) is 0 Å². The average Bonchev–Trinajstić information content (AvgIpc) is 2.29. The van der Waals surface area contributed by atoms with Crippen LogP contribution in [0.5, 0.6) is 0 Å². The minimum atomic E-state index is -0.144. The number of H-pyrrole nitrogens is 1. The summed E-state index contributed by atoms with van der Waals surface area (Å²) in [7, 11) is 1.61. The fraction of sp³-hybridized carbons (Fsp3) is 0.667. The van der Waals surface area contributed by atoms with Gasteiger partial charge in [0.15, 0.2) is 0 Å². The molecule has 1 aromatic heterocycles. The normalized spacial score (nSPS) is 13.0. The number of hydrogen-bond acceptors (Lipinski definition) is 4. The van der Waals surface area contributed by atoms with Crippen molar-refractivity contribution in [1.29, 1.82) is 0 Å². The summed E-state index contributed by atoms with van der Waals surface area (Å²) < 4.78 is 5.23. The lowest BCUT2D eigenvalue weighted by Crippen LogP contribution is -2.27. The van der Waals surface area contributed by atoms with E-state index in [4.69, 9.17) is 4.74 Å². The van der Waals surface area contributed by atoms with Crippen molar-refractivity contribution in [3.8, 4) is 0 Å². The average molecular weight is 239 g/mol. The maximum Gasteiger partial charge on any atom is 0.255 e. The Kier molecular flexibility index (Phi) is 5.31. The van der Waals surface area contributed by atoms with Crippen molar-refractivity contribution in [3.05, 3.63) is 27.9 Å². The lowest BCUT2D eigenvalue weighted by atomic mass is 10.2. The third-order valence-corrected chi connectivity index (χ3v) is 2.55. The Balaban J connectivity index is 2.82. The van der Waals surface area contributed by atoms with Crippen LogP contribution in [0.1, 0.15) is 44.7 Å². The Morgan fingerprint density at radius 1 is 1.53 bits per heavy atom. The largest absolute Gasteiger partial charge is 0.374 e. The SMILES string of the molecule is CCC(OC)c1ncc(CNC(C)C)c(=O)[nH]1. The van der Waals surface area contributed by atoms with Gasteiger partial charge in [0.1, 0.15) is 11.9 Å². The van der Waals surface area contributed by atoms with Gasteiger partial charge in [-0.2, -0.15) is 0 Å². The predicted octanol–water partition coefficient (Wildman–Crippen LogP) is 1.37. The second kappa shape index (κ2) is 6.51. The highest BCUT2D eigenvalue weighted by atomic mass is 16.5. The smallest absolute Gasteiger partial charge is 0.255 e. The molecule has 5 heteroatoms. The van der Waals surface area contributed by atoms with Gasteiger partial charge >= 0.3 is 0 Å². The molecule has 0 spiro atoms. The fourth-order valence-corrected chi connectivity index (χ4v) is 1.51. The minimum absolute atomic E-state index is 0.0985. The molecule has 1 aromatic rings. The van der Waals surface area contributed by atoms with Crippen molar-refractivity contribution in [2.75, 3.05) is 7.11 Å². The van der Waals surface area contributed by atoms with Gasteiger partial charge in [0.25, 0.3) is 5.56 Å². The van der Waals surface area contributed by atoms with E-state index < -0.39 is 0 Å². The molecule has 17 heavy (non-hydrogen) atoms. The molecular formula is C12H21N3O2. The quantitative estimate of drug-likeness (QED) is 0.786. The maximum absolute atomic E-state index is 11.8. The Morgan fingerprint density at radius 2 is 2.24 bits per heavy atom. The Bertz CT molecular complexity index is 397. The van der Waals surface area contributed by atoms with Gasteiger partial charge in [0.2, 0.25) is 0 Å². The summed E-state index contributed by atoms with van der Waals surface area (Å²) in [6.45, 7) is 6.59. The lowest BCUT2D eigenvalue weighted by molar-refractivity contribution is 0.0923. The minimum Gasteiger partial charge on any atom is -0.374 e. The van der Waals surface area contributed by atoms with Crippen LogP contribution in [-0.2, 0) is 11.3 Å². The van der Waals surface area contributed by atoms with Crippen molar-refractivity contribution in [3.63, 3.8) is 0 Å². The fourth-order valence-electron chi connectivity index (χ4n) is 1.51. The molecule has 0 saturated heterocycles. The highest BCUT2D eigenvalue weighted by Crippen LogP contribution is 2.13. The molecule has 1 atom stereocenters. The molecule has 5 nitrogen and oxygen atoms in total. The Morgan fingerprint density at radius 3 is 2.71 bits per heavy atom. The third kappa shape index (κ3) is 3.94. The van der Waals surface area contributed by atoms with Crippen LogP contribution in [0.2, 0.25) is 0 Å². The highest BCUT2D eigenvalue weighted by molar-refractivity contribution is 5.07. The van der Waals surface area contributed by atoms with Crippen LogP contribution in [0.15, 0.2) is 11.0 Å². The monoisotopic (exact) mass is 239 g/mol. The van der Waals surface area contributed by atoms with Crippen molar-refractivity contribution >= 4 is 0 Å². The van der Waals surface area contributed by atoms with Gasteiger partial charge in [0, 0.05) is 31.5 Å². The zero-order valence-electron chi connectivity index (χ0n) is 10.9. The standard InChI is InChI=1S/C12H21N3O2/c1-5-10(17-4)11-14-7-9(12(16)15-11)6-13-8(2)3/h7-8,10,13H,5-6H2,1-4H3,(H,14,15,16). The first kappa shape index (κ1) is 13.9. The molecule has 2 N–H and O–H groups in total. The van der Waals surface area contributed by atoms with Crippen molar-refractivity contribution < 1.29 is 4.74 Å². The van der Waals surface area contributed by atoms with Gasteiger partial charge in [0.05, 0.1) is 0 Å². The third-order valence-electron chi connectivity index (χ3n) is 2.55. The molecule has 0 aliphatic carbocycles. The first-order chi connectivity index (χ1) is 8.08. The summed E-state index contributed by atoms with van der Waals surface area (Å²) in [6.07, 6.45) is 2.25. The van der Waals surface area contributed by atoms with E-state index >= 15 is 0 Å². The Labute approximate surface area is 102 Å². The van der Waals surface area contributed by atoms with E-state index in [1.54, 1.807) is 13.3 Å². The van der Waals surface area contributed by atoms with Crippen LogP contribution in [0.3, 0.4) is 0 Å². The summed E-state index contributed by atoms with van der Waals surface area (Å²) in [4.78, 5) is 18.8. The van der Waals surface area contributed by atoms with E-state index in [2.05, 4.69) is 15.3 Å². The number of aromatic nitrogens is 2. The summed E-state index contributed by atoms with van der Waals surface area (Å²) in [5, 5.41) is 3.19. The highest BCUT2D eigenvalue weighted by Gasteiger charge is 2.11. The van der Waals surface area contributed by atoms with E-state index in [-0.39, 0.29) is 11.7 Å².